The summed E-state index contributed by atoms with van der Waals surface area (Å²) in [5.74, 6) is 0.337. The molecule has 27 heavy (non-hydrogen) atoms. The molecule has 2 heterocycles. The van der Waals surface area contributed by atoms with E-state index < -0.39 is 0 Å². The van der Waals surface area contributed by atoms with Crippen molar-refractivity contribution in [3.8, 4) is 5.75 Å². The highest BCUT2D eigenvalue weighted by Gasteiger charge is 2.11. The second kappa shape index (κ2) is 9.24. The molecule has 0 atom stereocenters. The van der Waals surface area contributed by atoms with Crippen LogP contribution in [0.25, 0.3) is 0 Å². The number of rotatable bonds is 8. The molecule has 0 saturated heterocycles. The van der Waals surface area contributed by atoms with E-state index in [1.54, 1.807) is 31.4 Å². The van der Waals surface area contributed by atoms with Crippen molar-refractivity contribution in [2.45, 2.75) is 12.8 Å². The number of thiophene rings is 1. The molecule has 0 aliphatic carbocycles. The average Bonchev–Trinajstić information content (AvgIpc) is 3.34. The van der Waals surface area contributed by atoms with Crippen molar-refractivity contribution in [2.24, 2.45) is 0 Å². The Bertz CT molecular complexity index is 909. The third kappa shape index (κ3) is 5.60. The summed E-state index contributed by atoms with van der Waals surface area (Å²) in [6.07, 6.45) is 0.858. The molecule has 3 aromatic rings. The first kappa shape index (κ1) is 19.0. The Morgan fingerprint density at radius 2 is 2.07 bits per heavy atom. The lowest BCUT2D eigenvalue weighted by atomic mass is 10.2. The standard InChI is InChI=1S/C18H18N4O3S2/c1-25-13-5-2-4-12(10-13)17(24)19-8-7-16-21-22-18(27-16)20-15(23)11-14-6-3-9-26-14/h2-6,9-10H,7-8,11H2,1H3,(H,19,24)(H,20,22,23). The van der Waals surface area contributed by atoms with Gasteiger partial charge in [-0.2, -0.15) is 0 Å². The number of methoxy groups -OCH3 is 1. The lowest BCUT2D eigenvalue weighted by Gasteiger charge is -2.05. The maximum Gasteiger partial charge on any atom is 0.251 e. The molecule has 2 aromatic heterocycles. The average molecular weight is 403 g/mol. The summed E-state index contributed by atoms with van der Waals surface area (Å²) in [6, 6.07) is 10.8. The number of hydrogen-bond donors (Lipinski definition) is 2. The van der Waals surface area contributed by atoms with Crippen molar-refractivity contribution in [2.75, 3.05) is 19.0 Å². The third-order valence-electron chi connectivity index (χ3n) is 3.58. The van der Waals surface area contributed by atoms with Crippen molar-refractivity contribution in [3.63, 3.8) is 0 Å². The van der Waals surface area contributed by atoms with Crippen molar-refractivity contribution >= 4 is 39.6 Å². The van der Waals surface area contributed by atoms with Crippen molar-refractivity contribution in [1.82, 2.24) is 15.5 Å². The van der Waals surface area contributed by atoms with E-state index in [0.29, 0.717) is 35.8 Å². The Morgan fingerprint density at radius 1 is 1.19 bits per heavy atom. The first-order valence-corrected chi connectivity index (χ1v) is 9.90. The molecule has 0 spiro atoms. The number of anilines is 1. The van der Waals surface area contributed by atoms with E-state index in [2.05, 4.69) is 20.8 Å². The number of aromatic nitrogens is 2. The summed E-state index contributed by atoms with van der Waals surface area (Å²) in [5, 5.41) is 16.8. The summed E-state index contributed by atoms with van der Waals surface area (Å²) >= 11 is 2.84. The maximum absolute atomic E-state index is 12.1. The van der Waals surface area contributed by atoms with Crippen LogP contribution in [-0.4, -0.2) is 35.7 Å². The molecule has 0 bridgehead atoms. The predicted octanol–water partition coefficient (Wildman–Crippen LogP) is 2.76. The fraction of sp³-hybridized carbons (Fsp3) is 0.222. The molecule has 140 valence electrons. The van der Waals surface area contributed by atoms with Crippen molar-refractivity contribution in [1.29, 1.82) is 0 Å². The molecule has 0 radical (unpaired) electrons. The van der Waals surface area contributed by atoms with Crippen LogP contribution in [0.3, 0.4) is 0 Å². The Morgan fingerprint density at radius 3 is 2.85 bits per heavy atom. The van der Waals surface area contributed by atoms with Crippen LogP contribution < -0.4 is 15.4 Å². The number of amides is 2. The fourth-order valence-electron chi connectivity index (χ4n) is 2.29. The van der Waals surface area contributed by atoms with Gasteiger partial charge in [0.15, 0.2) is 0 Å². The highest BCUT2D eigenvalue weighted by Crippen LogP contribution is 2.17. The summed E-state index contributed by atoms with van der Waals surface area (Å²) in [5.41, 5.74) is 0.535. The number of carbonyl (C=O) groups is 2. The minimum absolute atomic E-state index is 0.119. The molecule has 2 N–H and O–H groups in total. The number of ether oxygens (including phenoxy) is 1. The molecule has 3 rings (SSSR count). The number of benzene rings is 1. The molecular formula is C18H18N4O3S2. The van der Waals surface area contributed by atoms with Gasteiger partial charge < -0.3 is 15.4 Å². The highest BCUT2D eigenvalue weighted by molar-refractivity contribution is 7.15. The van der Waals surface area contributed by atoms with Crippen molar-refractivity contribution in [3.05, 3.63) is 57.2 Å². The van der Waals surface area contributed by atoms with Crippen LogP contribution >= 0.6 is 22.7 Å². The lowest BCUT2D eigenvalue weighted by molar-refractivity contribution is -0.115. The van der Waals surface area contributed by atoms with Gasteiger partial charge in [-0.1, -0.05) is 23.5 Å². The van der Waals surface area contributed by atoms with E-state index in [0.717, 1.165) is 9.88 Å². The van der Waals surface area contributed by atoms with E-state index in [4.69, 9.17) is 4.74 Å². The van der Waals surface area contributed by atoms with Gasteiger partial charge in [-0.25, -0.2) is 0 Å². The second-order valence-electron chi connectivity index (χ2n) is 5.54. The van der Waals surface area contributed by atoms with Gasteiger partial charge in [0, 0.05) is 23.4 Å². The molecule has 0 unspecified atom stereocenters. The van der Waals surface area contributed by atoms with Crippen LogP contribution in [-0.2, 0) is 17.6 Å². The van der Waals surface area contributed by atoms with Crippen LogP contribution in [0.4, 0.5) is 5.13 Å². The molecule has 7 nitrogen and oxygen atoms in total. The van der Waals surface area contributed by atoms with E-state index in [1.165, 1.54) is 22.7 Å². The van der Waals surface area contributed by atoms with Crippen molar-refractivity contribution < 1.29 is 14.3 Å². The number of nitrogens with one attached hydrogen (secondary N) is 2. The number of hydrogen-bond acceptors (Lipinski definition) is 7. The van der Waals surface area contributed by atoms with Gasteiger partial charge in [-0.15, -0.1) is 21.5 Å². The quantitative estimate of drug-likeness (QED) is 0.604. The third-order valence-corrected chi connectivity index (χ3v) is 5.36. The van der Waals surface area contributed by atoms with Crippen LogP contribution in [0, 0.1) is 0 Å². The first-order chi connectivity index (χ1) is 13.1. The Hall–Kier alpha value is -2.78. The van der Waals surface area contributed by atoms with Gasteiger partial charge in [0.25, 0.3) is 5.91 Å². The normalized spacial score (nSPS) is 10.4. The molecule has 9 heteroatoms. The number of carbonyl (C=O) groups excluding carboxylic acids is 2. The molecule has 0 aliphatic rings. The number of nitrogens with zero attached hydrogens (tertiary/aromatic N) is 2. The van der Waals surface area contributed by atoms with Gasteiger partial charge in [0.1, 0.15) is 10.8 Å². The van der Waals surface area contributed by atoms with E-state index in [1.807, 2.05) is 17.5 Å². The Balaban J connectivity index is 1.45. The summed E-state index contributed by atoms with van der Waals surface area (Å²) in [6.45, 7) is 0.424. The highest BCUT2D eigenvalue weighted by atomic mass is 32.1. The topological polar surface area (TPSA) is 93.2 Å². The van der Waals surface area contributed by atoms with E-state index in [9.17, 15) is 9.59 Å². The van der Waals surface area contributed by atoms with Crippen LogP contribution in [0.2, 0.25) is 0 Å². The van der Waals surface area contributed by atoms with Gasteiger partial charge >= 0.3 is 0 Å². The van der Waals surface area contributed by atoms with Crippen LogP contribution in [0.15, 0.2) is 41.8 Å². The summed E-state index contributed by atoms with van der Waals surface area (Å²) in [7, 11) is 1.56. The zero-order chi connectivity index (χ0) is 19.1. The summed E-state index contributed by atoms with van der Waals surface area (Å²) < 4.78 is 5.12. The largest absolute Gasteiger partial charge is 0.497 e. The monoisotopic (exact) mass is 402 g/mol. The van der Waals surface area contributed by atoms with E-state index >= 15 is 0 Å². The van der Waals surface area contributed by atoms with E-state index in [-0.39, 0.29) is 11.8 Å². The SMILES string of the molecule is COc1cccc(C(=O)NCCc2nnc(NC(=O)Cc3cccs3)s2)c1. The molecular weight excluding hydrogens is 384 g/mol. The molecule has 0 saturated carbocycles. The van der Waals surface area contributed by atoms with Gasteiger partial charge in [0.2, 0.25) is 11.0 Å². The molecule has 1 aromatic carbocycles. The first-order valence-electron chi connectivity index (χ1n) is 8.21. The minimum atomic E-state index is -0.178. The second-order valence-corrected chi connectivity index (χ2v) is 7.64. The zero-order valence-corrected chi connectivity index (χ0v) is 16.2. The molecule has 0 aliphatic heterocycles. The fourth-order valence-corrected chi connectivity index (χ4v) is 3.75. The predicted molar refractivity (Wildman–Crippen MR) is 106 cm³/mol. The van der Waals surface area contributed by atoms with Crippen LogP contribution in [0.5, 0.6) is 5.75 Å². The minimum Gasteiger partial charge on any atom is -0.497 e. The maximum atomic E-state index is 12.1. The van der Waals surface area contributed by atoms with Crippen LogP contribution in [0.1, 0.15) is 20.2 Å². The lowest BCUT2D eigenvalue weighted by Crippen LogP contribution is -2.25. The van der Waals surface area contributed by atoms with Gasteiger partial charge in [-0.05, 0) is 29.6 Å². The zero-order valence-electron chi connectivity index (χ0n) is 14.6. The van der Waals surface area contributed by atoms with Gasteiger partial charge in [0.05, 0.1) is 13.5 Å². The molecule has 2 amide bonds. The smallest absolute Gasteiger partial charge is 0.251 e. The van der Waals surface area contributed by atoms with Gasteiger partial charge in [-0.3, -0.25) is 9.59 Å². The Kier molecular flexibility index (Phi) is 6.50. The Labute approximate surface area is 164 Å². The summed E-state index contributed by atoms with van der Waals surface area (Å²) in [4.78, 5) is 25.1. The molecule has 0 fully saturated rings.